The van der Waals surface area contributed by atoms with Crippen LogP contribution in [-0.2, 0) is 27.1 Å². The van der Waals surface area contributed by atoms with Crippen LogP contribution in [0.1, 0.15) is 153 Å². The molecule has 7 aromatic rings. The Morgan fingerprint density at radius 2 is 0.955 bits per heavy atom. The first kappa shape index (κ1) is 45.0. The summed E-state index contributed by atoms with van der Waals surface area (Å²) in [5.74, 6) is 0.108. The van der Waals surface area contributed by atoms with E-state index in [0.29, 0.717) is 0 Å². The molecule has 2 bridgehead atoms. The summed E-state index contributed by atoms with van der Waals surface area (Å²) in [7, 11) is 0.893. The Hall–Kier alpha value is -5.80. The van der Waals surface area contributed by atoms with Gasteiger partial charge in [-0.1, -0.05) is 181 Å². The van der Waals surface area contributed by atoms with Crippen molar-refractivity contribution in [1.82, 2.24) is 0 Å². The van der Waals surface area contributed by atoms with Crippen molar-refractivity contribution in [2.45, 2.75) is 143 Å². The molecule has 0 saturated heterocycles. The first-order chi connectivity index (χ1) is 31.5. The molecule has 0 aromatic heterocycles. The molecule has 2 nitrogen and oxygen atoms in total. The minimum atomic E-state index is -0.0501. The number of fused-ring (bicyclic) bond motifs is 6. The predicted octanol–water partition coefficient (Wildman–Crippen LogP) is 17.0. The summed E-state index contributed by atoms with van der Waals surface area (Å²) >= 11 is 0. The zero-order chi connectivity index (χ0) is 47.6. The first-order valence-corrected chi connectivity index (χ1v) is 25.0. The number of hydrogen-bond donors (Lipinski definition) is 0. The van der Waals surface area contributed by atoms with Crippen LogP contribution in [0.2, 0.25) is 0 Å². The van der Waals surface area contributed by atoms with E-state index in [-0.39, 0.29) is 32.9 Å². The lowest BCUT2D eigenvalue weighted by Gasteiger charge is -2.44. The van der Waals surface area contributed by atoms with E-state index < -0.39 is 0 Å². The zero-order valence-electron chi connectivity index (χ0n) is 42.9. The molecule has 0 amide bonds. The average molecular weight is 879 g/mol. The van der Waals surface area contributed by atoms with Gasteiger partial charge in [-0.25, -0.2) is 0 Å². The van der Waals surface area contributed by atoms with Crippen LogP contribution < -0.4 is 15.3 Å². The quantitative estimate of drug-likeness (QED) is 0.163. The summed E-state index contributed by atoms with van der Waals surface area (Å²) in [6.45, 7) is 33.3. The molecule has 1 atom stereocenters. The molecule has 3 aliphatic rings. The SMILES string of the molecule is Cc1cc2c3c(c1)N(c1ccc(C(C)(C)C)cc1-c1ccccc1-c1ccccc1)c1cc4c(cc1C(B3)c1cc(C(C)(C)C)ccc1N2c1ccc(C(C)(C)C)cc1)C(C)(C)CCC4(C)C. The number of aryl methyl sites for hydroxylation is 1. The highest BCUT2D eigenvalue weighted by molar-refractivity contribution is 6.61. The van der Waals surface area contributed by atoms with Gasteiger partial charge in [-0.15, -0.1) is 0 Å². The van der Waals surface area contributed by atoms with Crippen LogP contribution in [0.25, 0.3) is 22.3 Å². The van der Waals surface area contributed by atoms with Crippen molar-refractivity contribution >= 4 is 46.9 Å². The third-order valence-corrected chi connectivity index (χ3v) is 15.8. The number of rotatable bonds is 4. The van der Waals surface area contributed by atoms with Crippen LogP contribution in [0.4, 0.5) is 34.1 Å². The summed E-state index contributed by atoms with van der Waals surface area (Å²) in [6, 6.07) is 54.7. The fourth-order valence-corrected chi connectivity index (χ4v) is 11.5. The third-order valence-electron chi connectivity index (χ3n) is 15.8. The average Bonchev–Trinajstić information content (AvgIpc) is 3.51. The smallest absolute Gasteiger partial charge is 0.176 e. The Bertz CT molecular complexity index is 3060. The van der Waals surface area contributed by atoms with Gasteiger partial charge in [0.15, 0.2) is 7.28 Å². The van der Waals surface area contributed by atoms with Gasteiger partial charge in [-0.05, 0) is 168 Å². The van der Waals surface area contributed by atoms with Crippen molar-refractivity contribution in [2.24, 2.45) is 0 Å². The maximum atomic E-state index is 2.72. The highest BCUT2D eigenvalue weighted by Crippen LogP contribution is 2.56. The monoisotopic (exact) mass is 879 g/mol. The van der Waals surface area contributed by atoms with Gasteiger partial charge in [0.05, 0.1) is 5.69 Å². The Morgan fingerprint density at radius 1 is 0.448 bits per heavy atom. The van der Waals surface area contributed by atoms with E-state index in [2.05, 4.69) is 246 Å². The lowest BCUT2D eigenvalue weighted by molar-refractivity contribution is 0.331. The van der Waals surface area contributed by atoms with Gasteiger partial charge in [0.25, 0.3) is 0 Å². The van der Waals surface area contributed by atoms with Crippen LogP contribution in [0.15, 0.2) is 140 Å². The van der Waals surface area contributed by atoms with Crippen molar-refractivity contribution in [3.63, 3.8) is 0 Å². The molecule has 0 saturated carbocycles. The van der Waals surface area contributed by atoms with Gasteiger partial charge < -0.3 is 9.80 Å². The van der Waals surface area contributed by atoms with Gasteiger partial charge in [0.2, 0.25) is 0 Å². The molecule has 1 aliphatic carbocycles. The summed E-state index contributed by atoms with van der Waals surface area (Å²) in [6.07, 6.45) is 2.33. The number of nitrogens with zero attached hydrogens (tertiary/aromatic N) is 2. The van der Waals surface area contributed by atoms with Crippen molar-refractivity contribution in [1.29, 1.82) is 0 Å². The first-order valence-electron chi connectivity index (χ1n) is 25.0. The highest BCUT2D eigenvalue weighted by Gasteiger charge is 2.43. The van der Waals surface area contributed by atoms with Gasteiger partial charge in [-0.2, -0.15) is 0 Å². The fraction of sp³-hybridized carbons (Fsp3) is 0.344. The minimum absolute atomic E-state index is 0.0214. The van der Waals surface area contributed by atoms with Crippen molar-refractivity contribution in [2.75, 3.05) is 9.80 Å². The summed E-state index contributed by atoms with van der Waals surface area (Å²) in [5.41, 5.74) is 25.1. The third kappa shape index (κ3) is 7.75. The maximum absolute atomic E-state index is 2.72. The largest absolute Gasteiger partial charge is 0.311 e. The van der Waals surface area contributed by atoms with E-state index in [1.165, 1.54) is 113 Å². The maximum Gasteiger partial charge on any atom is 0.176 e. The zero-order valence-corrected chi connectivity index (χ0v) is 42.9. The molecule has 10 rings (SSSR count). The second-order valence-corrected chi connectivity index (χ2v) is 24.6. The Morgan fingerprint density at radius 3 is 1.57 bits per heavy atom. The van der Waals surface area contributed by atoms with Crippen LogP contribution in [0.3, 0.4) is 0 Å². The summed E-state index contributed by atoms with van der Waals surface area (Å²) < 4.78 is 0. The fourth-order valence-electron chi connectivity index (χ4n) is 11.5. The van der Waals surface area contributed by atoms with Crippen LogP contribution in [0, 0.1) is 6.92 Å². The van der Waals surface area contributed by atoms with E-state index in [1.807, 2.05) is 0 Å². The van der Waals surface area contributed by atoms with Crippen molar-refractivity contribution < 1.29 is 0 Å². The molecule has 0 radical (unpaired) electrons. The van der Waals surface area contributed by atoms with Crippen LogP contribution >= 0.6 is 0 Å². The van der Waals surface area contributed by atoms with Gasteiger partial charge >= 0.3 is 0 Å². The molecule has 67 heavy (non-hydrogen) atoms. The lowest BCUT2D eigenvalue weighted by atomic mass is 9.53. The lowest BCUT2D eigenvalue weighted by Crippen LogP contribution is -2.34. The van der Waals surface area contributed by atoms with Crippen LogP contribution in [-0.4, -0.2) is 7.28 Å². The van der Waals surface area contributed by atoms with E-state index in [9.17, 15) is 0 Å². The Balaban J connectivity index is 1.36. The Kier molecular flexibility index (Phi) is 10.5. The van der Waals surface area contributed by atoms with Crippen LogP contribution in [0.5, 0.6) is 0 Å². The number of benzene rings is 7. The van der Waals surface area contributed by atoms with E-state index in [4.69, 9.17) is 0 Å². The predicted molar refractivity (Wildman–Crippen MR) is 291 cm³/mol. The van der Waals surface area contributed by atoms with E-state index >= 15 is 0 Å². The molecule has 3 heteroatoms. The molecule has 2 aliphatic heterocycles. The van der Waals surface area contributed by atoms with Crippen molar-refractivity contribution in [3.05, 3.63) is 184 Å². The van der Waals surface area contributed by atoms with Gasteiger partial charge in [0, 0.05) is 34.0 Å². The number of anilines is 6. The molecular weight excluding hydrogens is 808 g/mol. The van der Waals surface area contributed by atoms with E-state index in [1.54, 1.807) is 0 Å². The number of hydrogen-bond acceptors (Lipinski definition) is 2. The van der Waals surface area contributed by atoms with E-state index in [0.717, 1.165) is 13.7 Å². The van der Waals surface area contributed by atoms with Crippen molar-refractivity contribution in [3.8, 4) is 22.3 Å². The molecule has 2 heterocycles. The molecular formula is C64H71BN2. The van der Waals surface area contributed by atoms with Gasteiger partial charge in [-0.3, -0.25) is 0 Å². The molecule has 1 unspecified atom stereocenters. The minimum Gasteiger partial charge on any atom is -0.311 e. The second kappa shape index (κ2) is 15.6. The standard InChI is InChI=1S/C64H71BN2/c1-40-34-56-59-57(35-40)67(53-30-26-43(61(5,6)7)36-48(53)47-23-19-18-22-46(47)41-20-16-15-17-21-41)55-39-52-51(63(11,12)32-33-64(52,13)14)38-50(55)58(65-59)49-37-44(62(8,9)10)27-31-54(49)66(56)45-28-24-42(25-29-45)60(2,3)4/h15-31,34-39,58,65H,32-33H2,1-14H3. The molecule has 0 fully saturated rings. The Labute approximate surface area is 403 Å². The summed E-state index contributed by atoms with van der Waals surface area (Å²) in [5, 5.41) is 0. The molecule has 340 valence electrons. The molecule has 0 spiro atoms. The topological polar surface area (TPSA) is 6.48 Å². The second-order valence-electron chi connectivity index (χ2n) is 24.6. The molecule has 0 N–H and O–H groups in total. The summed E-state index contributed by atoms with van der Waals surface area (Å²) in [4.78, 5) is 5.34. The highest BCUT2D eigenvalue weighted by atomic mass is 15.2. The molecule has 7 aromatic carbocycles. The normalized spacial score (nSPS) is 17.1. The van der Waals surface area contributed by atoms with Gasteiger partial charge in [0.1, 0.15) is 0 Å².